The summed E-state index contributed by atoms with van der Waals surface area (Å²) in [5, 5.41) is 13.3. The first kappa shape index (κ1) is 27.3. The van der Waals surface area contributed by atoms with Gasteiger partial charge in [0.25, 0.3) is 0 Å². The summed E-state index contributed by atoms with van der Waals surface area (Å²) in [5.74, 6) is 1.11. The molecule has 1 saturated heterocycles. The van der Waals surface area contributed by atoms with Gasteiger partial charge < -0.3 is 20.5 Å². The molecule has 156 valence electrons. The Morgan fingerprint density at radius 3 is 2.30 bits per heavy atom. The van der Waals surface area contributed by atoms with Crippen molar-refractivity contribution in [2.45, 2.75) is 58.2 Å². The van der Waals surface area contributed by atoms with Crippen molar-refractivity contribution in [3.63, 3.8) is 0 Å². The zero-order chi connectivity index (χ0) is 21.6. The number of rotatable bonds is 5. The van der Waals surface area contributed by atoms with Crippen LogP contribution >= 0.6 is 0 Å². The van der Waals surface area contributed by atoms with E-state index in [1.807, 2.05) is 13.8 Å². The highest BCUT2D eigenvalue weighted by Gasteiger charge is 2.48. The second kappa shape index (κ2) is 14.2. The first-order valence-electron chi connectivity index (χ1n) is 9.35. The van der Waals surface area contributed by atoms with Crippen molar-refractivity contribution in [2.24, 2.45) is 10.9 Å². The van der Waals surface area contributed by atoms with Crippen LogP contribution in [0.2, 0.25) is 0 Å². The number of ether oxygens (including phenoxy) is 1. The second-order valence-corrected chi connectivity index (χ2v) is 6.21. The maximum absolute atomic E-state index is 12.2. The summed E-state index contributed by atoms with van der Waals surface area (Å²) in [7, 11) is 2.66. The van der Waals surface area contributed by atoms with Crippen LogP contribution in [0.25, 0.3) is 0 Å². The van der Waals surface area contributed by atoms with Gasteiger partial charge in [0.15, 0.2) is 0 Å². The lowest BCUT2D eigenvalue weighted by molar-refractivity contribution is -0.123. The molecule has 0 aromatic carbocycles. The van der Waals surface area contributed by atoms with Crippen molar-refractivity contribution in [2.75, 3.05) is 20.7 Å². The van der Waals surface area contributed by atoms with Crippen LogP contribution in [0.1, 0.15) is 40.5 Å². The number of hydrogen-bond donors (Lipinski definition) is 3. The van der Waals surface area contributed by atoms with Crippen molar-refractivity contribution < 1.29 is 14.6 Å². The van der Waals surface area contributed by atoms with Crippen LogP contribution in [0.3, 0.4) is 0 Å². The van der Waals surface area contributed by atoms with E-state index in [0.717, 1.165) is 13.5 Å². The molecule has 1 unspecified atom stereocenters. The average Bonchev–Trinajstić information content (AvgIpc) is 3.09. The Morgan fingerprint density at radius 2 is 1.89 bits per heavy atom. The Labute approximate surface area is 165 Å². The van der Waals surface area contributed by atoms with E-state index in [1.165, 1.54) is 0 Å². The molecule has 1 amide bonds. The molecule has 1 saturated carbocycles. The number of nitrogens with zero attached hydrogens (tertiary/aromatic N) is 1. The lowest BCUT2D eigenvalue weighted by Gasteiger charge is -2.17. The van der Waals surface area contributed by atoms with Crippen LogP contribution in [0.5, 0.6) is 0 Å². The molecule has 2 fully saturated rings. The predicted molar refractivity (Wildman–Crippen MR) is 115 cm³/mol. The van der Waals surface area contributed by atoms with Crippen molar-refractivity contribution in [1.29, 1.82) is 0 Å². The molecule has 27 heavy (non-hydrogen) atoms. The van der Waals surface area contributed by atoms with E-state index < -0.39 is 0 Å². The molecule has 0 bridgehead atoms. The zero-order valence-electron chi connectivity index (χ0n) is 18.0. The molecule has 2 aliphatic rings. The number of aliphatic hydroxyl groups excluding tert-OH is 1. The fraction of sp³-hybridized carbons (Fsp3) is 0.619. The van der Waals surface area contributed by atoms with Gasteiger partial charge in [-0.3, -0.25) is 9.79 Å². The number of aliphatic imine (C=N–C) groups is 1. The molecule has 6 heteroatoms. The standard InChI is InChI=1S/C16H25N3O2.C2H6.C2H4.CH4O/c1-6-10(2)15(17-5)21-12-7-13(18-9-12)14(20)19-16(4)8-11(16)3;3*1-2/h6,11-13,18H,1-2,7-9H2,3-5H3,(H,19,20);1-2H3;1-2H2;2H,1H3/t11-,12-,13?,16-;;;/m1.../s1. The van der Waals surface area contributed by atoms with E-state index in [-0.39, 0.29) is 23.6 Å². The Kier molecular flexibility index (Phi) is 14.3. The van der Waals surface area contributed by atoms with Gasteiger partial charge in [-0.25, -0.2) is 0 Å². The van der Waals surface area contributed by atoms with E-state index in [1.54, 1.807) is 13.1 Å². The summed E-state index contributed by atoms with van der Waals surface area (Å²) in [5.41, 5.74) is 0.634. The first-order valence-corrected chi connectivity index (χ1v) is 9.35. The monoisotopic (exact) mass is 381 g/mol. The smallest absolute Gasteiger partial charge is 0.237 e. The minimum Gasteiger partial charge on any atom is -0.473 e. The van der Waals surface area contributed by atoms with Gasteiger partial charge >= 0.3 is 0 Å². The normalized spacial score (nSPS) is 28.0. The van der Waals surface area contributed by atoms with E-state index >= 15 is 0 Å². The first-order chi connectivity index (χ1) is 12.9. The summed E-state index contributed by atoms with van der Waals surface area (Å²) < 4.78 is 5.80. The van der Waals surface area contributed by atoms with Crippen LogP contribution in [0, 0.1) is 5.92 Å². The summed E-state index contributed by atoms with van der Waals surface area (Å²) >= 11 is 0. The van der Waals surface area contributed by atoms with Crippen molar-refractivity contribution in [3.8, 4) is 0 Å². The molecule has 0 spiro atoms. The van der Waals surface area contributed by atoms with Crippen molar-refractivity contribution >= 4 is 11.8 Å². The molecule has 2 rings (SSSR count). The zero-order valence-corrected chi connectivity index (χ0v) is 18.0. The maximum Gasteiger partial charge on any atom is 0.237 e. The number of amides is 1. The number of carbonyl (C=O) groups is 1. The number of hydrogen-bond acceptors (Lipinski definition) is 5. The SMILES string of the molecule is C=C.C=CC(=C)C(=NC)O[C@H]1CNC(C(=O)N[C@]2(C)C[C@H]2C)C1.CC.CO. The van der Waals surface area contributed by atoms with Crippen LogP contribution in [-0.2, 0) is 9.53 Å². The Bertz CT molecular complexity index is 505. The molecule has 1 aliphatic carbocycles. The van der Waals surface area contributed by atoms with Crippen LogP contribution in [-0.4, -0.2) is 55.3 Å². The lowest BCUT2D eigenvalue weighted by atomic mass is 10.1. The third kappa shape index (κ3) is 8.54. The fourth-order valence-electron chi connectivity index (χ4n) is 2.63. The van der Waals surface area contributed by atoms with Gasteiger partial charge in [0.1, 0.15) is 6.10 Å². The van der Waals surface area contributed by atoms with Crippen molar-refractivity contribution in [1.82, 2.24) is 10.6 Å². The van der Waals surface area contributed by atoms with E-state index in [2.05, 4.69) is 55.8 Å². The van der Waals surface area contributed by atoms with E-state index in [0.29, 0.717) is 30.4 Å². The molecule has 6 nitrogen and oxygen atoms in total. The van der Waals surface area contributed by atoms with Gasteiger partial charge in [-0.1, -0.05) is 40.0 Å². The van der Waals surface area contributed by atoms with Crippen LogP contribution < -0.4 is 10.6 Å². The quantitative estimate of drug-likeness (QED) is 0.296. The molecular weight excluding hydrogens is 342 g/mol. The van der Waals surface area contributed by atoms with Gasteiger partial charge in [-0.15, -0.1) is 13.2 Å². The molecule has 1 heterocycles. The fourth-order valence-corrected chi connectivity index (χ4v) is 2.63. The largest absolute Gasteiger partial charge is 0.473 e. The lowest BCUT2D eigenvalue weighted by Crippen LogP contribution is -2.46. The van der Waals surface area contributed by atoms with E-state index in [9.17, 15) is 4.79 Å². The Morgan fingerprint density at radius 1 is 1.37 bits per heavy atom. The van der Waals surface area contributed by atoms with E-state index in [4.69, 9.17) is 9.84 Å². The number of nitrogens with one attached hydrogen (secondary N) is 2. The predicted octanol–water partition coefficient (Wildman–Crippen LogP) is 2.86. The molecular formula is C21H39N3O3. The third-order valence-electron chi connectivity index (χ3n) is 4.48. The summed E-state index contributed by atoms with van der Waals surface area (Å²) in [4.78, 5) is 16.3. The molecule has 1 aliphatic heterocycles. The van der Waals surface area contributed by atoms with Gasteiger partial charge in [0.2, 0.25) is 11.8 Å². The minimum absolute atomic E-state index is 0.0229. The molecule has 3 N–H and O–H groups in total. The third-order valence-corrected chi connectivity index (χ3v) is 4.48. The highest BCUT2D eigenvalue weighted by molar-refractivity contribution is 5.95. The Hall–Kier alpha value is -1.92. The van der Waals surface area contributed by atoms with Crippen molar-refractivity contribution in [3.05, 3.63) is 38.0 Å². The highest BCUT2D eigenvalue weighted by atomic mass is 16.5. The molecule has 0 radical (unpaired) electrons. The highest BCUT2D eigenvalue weighted by Crippen LogP contribution is 2.42. The van der Waals surface area contributed by atoms with Crippen LogP contribution in [0.4, 0.5) is 0 Å². The minimum atomic E-state index is -0.199. The van der Waals surface area contributed by atoms with Gasteiger partial charge in [-0.05, 0) is 19.3 Å². The molecule has 4 atom stereocenters. The summed E-state index contributed by atoms with van der Waals surface area (Å²) in [6.45, 7) is 22.4. The van der Waals surface area contributed by atoms with Gasteiger partial charge in [-0.2, -0.15) is 0 Å². The Balaban J connectivity index is 0. The molecule has 0 aromatic rings. The number of aliphatic hydroxyl groups is 1. The van der Waals surface area contributed by atoms with Gasteiger partial charge in [0.05, 0.1) is 6.04 Å². The maximum atomic E-state index is 12.2. The number of carbonyl (C=O) groups excluding carboxylic acids is 1. The van der Waals surface area contributed by atoms with Crippen LogP contribution in [0.15, 0.2) is 43.0 Å². The van der Waals surface area contributed by atoms with Gasteiger partial charge in [0, 0.05) is 38.2 Å². The average molecular weight is 382 g/mol. The summed E-state index contributed by atoms with van der Waals surface area (Å²) in [6, 6.07) is -0.199. The topological polar surface area (TPSA) is 83.0 Å². The summed E-state index contributed by atoms with van der Waals surface area (Å²) in [6.07, 6.45) is 3.24. The molecule has 0 aromatic heterocycles. The second-order valence-electron chi connectivity index (χ2n) is 6.21.